The van der Waals surface area contributed by atoms with Crippen molar-refractivity contribution in [3.05, 3.63) is 35.9 Å². The molecule has 2 saturated heterocycles. The van der Waals surface area contributed by atoms with Crippen LogP contribution in [0.1, 0.15) is 140 Å². The highest BCUT2D eigenvalue weighted by molar-refractivity contribution is 6.84. The molecule has 7 atom stereocenters. The Balaban J connectivity index is 1.70. The predicted octanol–water partition coefficient (Wildman–Crippen LogP) is 10.2. The van der Waals surface area contributed by atoms with Crippen molar-refractivity contribution in [2.75, 3.05) is 0 Å². The number of benzene rings is 1. The van der Waals surface area contributed by atoms with Gasteiger partial charge in [0.15, 0.2) is 32.4 Å². The van der Waals surface area contributed by atoms with Crippen LogP contribution in [0.4, 0.5) is 0 Å². The van der Waals surface area contributed by atoms with Crippen LogP contribution in [0.3, 0.4) is 0 Å². The molecule has 1 aromatic rings. The third kappa shape index (κ3) is 8.80. The smallest absolute Gasteiger partial charge is 0.339 e. The molecule has 0 radical (unpaired) electrons. The highest BCUT2D eigenvalue weighted by Gasteiger charge is 2.70. The van der Waals surface area contributed by atoms with Gasteiger partial charge in [-0.1, -0.05) is 120 Å². The molecular formula is C42H72O10Si3. The van der Waals surface area contributed by atoms with Crippen molar-refractivity contribution < 1.29 is 45.9 Å². The van der Waals surface area contributed by atoms with E-state index in [1.807, 2.05) is 37.3 Å². The van der Waals surface area contributed by atoms with Gasteiger partial charge >= 0.3 is 29.1 Å². The Hall–Kier alpha value is -1.43. The van der Waals surface area contributed by atoms with E-state index in [0.717, 1.165) is 19.3 Å². The lowest BCUT2D eigenvalue weighted by Gasteiger charge is -2.48. The van der Waals surface area contributed by atoms with Gasteiger partial charge in [-0.3, -0.25) is 4.79 Å². The van der Waals surface area contributed by atoms with E-state index in [9.17, 15) is 9.59 Å². The topological polar surface area (TPSA) is 108 Å². The molecule has 4 aliphatic rings. The molecule has 0 bridgehead atoms. The van der Waals surface area contributed by atoms with Crippen molar-refractivity contribution in [1.29, 1.82) is 0 Å². The molecule has 2 heterocycles. The van der Waals surface area contributed by atoms with Crippen LogP contribution in [0.5, 0.6) is 0 Å². The van der Waals surface area contributed by atoms with Gasteiger partial charge < -0.3 is 36.3 Å². The second-order valence-electron chi connectivity index (χ2n) is 19.2. The third-order valence-corrected chi connectivity index (χ3v) is 27.7. The van der Waals surface area contributed by atoms with Gasteiger partial charge in [-0.05, 0) is 65.1 Å². The van der Waals surface area contributed by atoms with Crippen molar-refractivity contribution in [3.63, 3.8) is 0 Å². The minimum Gasteiger partial charge on any atom is -0.455 e. The zero-order valence-corrected chi connectivity index (χ0v) is 39.3. The van der Waals surface area contributed by atoms with Gasteiger partial charge in [0.1, 0.15) is 24.4 Å². The molecule has 2 saturated carbocycles. The summed E-state index contributed by atoms with van der Waals surface area (Å²) in [5.74, 6) is -1.82. The molecule has 312 valence electrons. The third-order valence-electron chi connectivity index (χ3n) is 12.9. The van der Waals surface area contributed by atoms with Gasteiger partial charge in [0, 0.05) is 19.3 Å². The standard InChI is InChI=1S/C42H72O10Si3/c1-15-22-32(43)45-35-34(46-40(44)33(31-23-18-16-19-24-31)49-53(13,14)41(10,11)12)36-37(48-42(47-36)25-20-17-21-26-42)39-38(35)50-54(27(2)3,28(4)5)52-55(51-39,29(6)7)30(8)9/h16,18-19,23-24,27-30,33-39H,15,17,20-22,25-26H2,1-14H3/t33-,34-,35-,36+,37+,38+,39+/m1/s1. The first-order valence-corrected chi connectivity index (χ1v) is 28.0. The summed E-state index contributed by atoms with van der Waals surface area (Å²) >= 11 is 0. The Bertz CT molecular complexity index is 1440. The molecule has 2 aliphatic carbocycles. The zero-order chi connectivity index (χ0) is 40.7. The van der Waals surface area contributed by atoms with E-state index in [-0.39, 0.29) is 39.6 Å². The Morgan fingerprint density at radius 3 is 1.78 bits per heavy atom. The molecular weight excluding hydrogens is 749 g/mol. The van der Waals surface area contributed by atoms with E-state index in [1.165, 1.54) is 0 Å². The van der Waals surface area contributed by atoms with Gasteiger partial charge in [0.25, 0.3) is 0 Å². The van der Waals surface area contributed by atoms with Crippen LogP contribution in [-0.2, 0) is 45.9 Å². The lowest BCUT2D eigenvalue weighted by atomic mass is 9.84. The SMILES string of the molecule is CCCC(=O)O[C@@H]1[C@@H](OC(=O)[C@H](O[Si](C)(C)C(C)(C)C)c2ccccc2)[C@@H]2OC3(CCCCC3)O[C@@H]2[C@@H]2O[Si](C(C)C)(C(C)C)O[Si](C(C)C)(C(C)C)O[C@@H]12. The van der Waals surface area contributed by atoms with Gasteiger partial charge in [0.2, 0.25) is 0 Å². The molecule has 1 aromatic carbocycles. The average Bonchev–Trinajstić information content (AvgIpc) is 3.35. The molecule has 0 aromatic heterocycles. The Morgan fingerprint density at radius 1 is 0.764 bits per heavy atom. The quantitative estimate of drug-likeness (QED) is 0.149. The maximum atomic E-state index is 14.9. The average molecular weight is 821 g/mol. The highest BCUT2D eigenvalue weighted by atomic mass is 28.5. The van der Waals surface area contributed by atoms with E-state index in [0.29, 0.717) is 24.8 Å². The molecule has 2 aliphatic heterocycles. The van der Waals surface area contributed by atoms with Gasteiger partial charge in [-0.25, -0.2) is 4.79 Å². The minimum atomic E-state index is -3.17. The van der Waals surface area contributed by atoms with Crippen LogP contribution in [0, 0.1) is 0 Å². The summed E-state index contributed by atoms with van der Waals surface area (Å²) in [6, 6.07) is 9.52. The first kappa shape index (κ1) is 44.7. The molecule has 0 unspecified atom stereocenters. The van der Waals surface area contributed by atoms with Crippen LogP contribution < -0.4 is 0 Å². The van der Waals surface area contributed by atoms with Crippen molar-refractivity contribution in [2.45, 2.75) is 217 Å². The van der Waals surface area contributed by atoms with Gasteiger partial charge in [-0.2, -0.15) is 0 Å². The molecule has 4 fully saturated rings. The zero-order valence-electron chi connectivity index (χ0n) is 36.3. The second kappa shape index (κ2) is 17.0. The number of carbonyl (C=O) groups is 2. The molecule has 5 rings (SSSR count). The molecule has 13 heteroatoms. The molecule has 55 heavy (non-hydrogen) atoms. The van der Waals surface area contributed by atoms with Crippen LogP contribution >= 0.6 is 0 Å². The van der Waals surface area contributed by atoms with Crippen molar-refractivity contribution in [2.24, 2.45) is 0 Å². The van der Waals surface area contributed by atoms with Gasteiger partial charge in [-0.15, -0.1) is 0 Å². The summed E-state index contributed by atoms with van der Waals surface area (Å²) < 4.78 is 57.1. The number of fused-ring (bicyclic) bond motifs is 3. The second-order valence-corrected chi connectivity index (χ2v) is 32.8. The number of rotatable bonds is 12. The lowest BCUT2D eigenvalue weighted by molar-refractivity contribution is -0.221. The summed E-state index contributed by atoms with van der Waals surface area (Å²) in [5, 5.41) is -0.173. The fraction of sp³-hybridized carbons (Fsp3) is 0.810. The Kier molecular flexibility index (Phi) is 13.8. The van der Waals surface area contributed by atoms with Crippen LogP contribution in [0.2, 0.25) is 40.3 Å². The van der Waals surface area contributed by atoms with Gasteiger partial charge in [0.05, 0.1) is 0 Å². The van der Waals surface area contributed by atoms with E-state index in [4.69, 9.17) is 36.3 Å². The molecule has 1 spiro atoms. The summed E-state index contributed by atoms with van der Waals surface area (Å²) in [7, 11) is -8.75. The number of ether oxygens (including phenoxy) is 4. The minimum absolute atomic E-state index is 0.0378. The molecule has 10 nitrogen and oxygen atoms in total. The number of hydrogen-bond acceptors (Lipinski definition) is 10. The normalized spacial score (nSPS) is 29.6. The Morgan fingerprint density at radius 2 is 1.27 bits per heavy atom. The maximum absolute atomic E-state index is 14.9. The number of esters is 2. The number of carbonyl (C=O) groups excluding carboxylic acids is 2. The summed E-state index contributed by atoms with van der Waals surface area (Å²) in [6.45, 7) is 30.1. The highest BCUT2D eigenvalue weighted by Crippen LogP contribution is 2.54. The molecule has 0 amide bonds. The summed E-state index contributed by atoms with van der Waals surface area (Å²) in [6.07, 6.45) is -0.829. The van der Waals surface area contributed by atoms with Crippen molar-refractivity contribution in [1.82, 2.24) is 0 Å². The Labute approximate surface area is 335 Å². The van der Waals surface area contributed by atoms with E-state index in [2.05, 4.69) is 89.3 Å². The number of hydrogen-bond donors (Lipinski definition) is 0. The predicted molar refractivity (Wildman–Crippen MR) is 220 cm³/mol. The van der Waals surface area contributed by atoms with E-state index >= 15 is 0 Å². The van der Waals surface area contributed by atoms with Crippen molar-refractivity contribution in [3.8, 4) is 0 Å². The van der Waals surface area contributed by atoms with Crippen molar-refractivity contribution >= 4 is 37.4 Å². The van der Waals surface area contributed by atoms with Crippen LogP contribution in [-0.4, -0.2) is 79.8 Å². The fourth-order valence-electron chi connectivity index (χ4n) is 8.81. The first-order chi connectivity index (χ1) is 25.6. The van der Waals surface area contributed by atoms with E-state index < -0.39 is 79.9 Å². The fourth-order valence-corrected chi connectivity index (χ4v) is 21.3. The first-order valence-electron chi connectivity index (χ1n) is 21.2. The van der Waals surface area contributed by atoms with E-state index in [1.54, 1.807) is 0 Å². The lowest BCUT2D eigenvalue weighted by Crippen LogP contribution is -2.68. The van der Waals surface area contributed by atoms with Crippen LogP contribution in [0.25, 0.3) is 0 Å². The van der Waals surface area contributed by atoms with Crippen LogP contribution in [0.15, 0.2) is 30.3 Å². The maximum Gasteiger partial charge on any atom is 0.339 e. The molecule has 0 N–H and O–H groups in total. The monoisotopic (exact) mass is 820 g/mol. The summed E-state index contributed by atoms with van der Waals surface area (Å²) in [5.41, 5.74) is 0.943. The largest absolute Gasteiger partial charge is 0.455 e. The summed E-state index contributed by atoms with van der Waals surface area (Å²) in [4.78, 5) is 28.7.